The number of rotatable bonds is 2. The van der Waals surface area contributed by atoms with Gasteiger partial charge in [0, 0.05) is 80.2 Å². The van der Waals surface area contributed by atoms with Crippen molar-refractivity contribution < 1.29 is 0 Å². The van der Waals surface area contributed by atoms with E-state index in [9.17, 15) is 4.79 Å². The van der Waals surface area contributed by atoms with Gasteiger partial charge in [-0.3, -0.25) is 14.3 Å². The molecule has 2 aliphatic rings. The number of pyridine rings is 3. The number of nitrogens with zero attached hydrogens (tertiary/aromatic N) is 6. The van der Waals surface area contributed by atoms with E-state index in [1.807, 2.05) is 12.3 Å². The lowest BCUT2D eigenvalue weighted by atomic mass is 10.0. The molecule has 5 rings (SSSR count). The van der Waals surface area contributed by atoms with E-state index >= 15 is 0 Å². The number of aromatic nitrogens is 3. The molecule has 7 nitrogen and oxygen atoms in total. The zero-order valence-corrected chi connectivity index (χ0v) is 19.7. The standard InChI is InChI=1S/C23H27BrN6O/c1-15-9-17(24)11-26-22(15)28-7-8-30-16(2)12-29(14-18(30)13-28)20-10-21(31)27(3)23-19(20)5-4-6-25-23/h4-6,9-11,16,18H,7-8,12-14H2,1-3H3/t16-,18+/m1/s1. The molecule has 0 amide bonds. The topological polar surface area (TPSA) is 57.5 Å². The summed E-state index contributed by atoms with van der Waals surface area (Å²) in [6, 6.07) is 8.70. The third kappa shape index (κ3) is 3.61. The van der Waals surface area contributed by atoms with E-state index in [2.05, 4.69) is 61.6 Å². The van der Waals surface area contributed by atoms with Crippen LogP contribution in [0.5, 0.6) is 0 Å². The van der Waals surface area contributed by atoms with Crippen LogP contribution in [0.4, 0.5) is 11.5 Å². The van der Waals surface area contributed by atoms with Gasteiger partial charge in [0.2, 0.25) is 0 Å². The highest BCUT2D eigenvalue weighted by molar-refractivity contribution is 9.10. The SMILES string of the molecule is Cc1cc(Br)cnc1N1CCN2[C@@H](C1)CN(c1cc(=O)n(C)c3ncccc13)C[C@H]2C. The minimum Gasteiger partial charge on any atom is -0.368 e. The molecule has 2 aliphatic heterocycles. The summed E-state index contributed by atoms with van der Waals surface area (Å²) in [5.41, 5.74) is 2.90. The Labute approximate surface area is 190 Å². The van der Waals surface area contributed by atoms with E-state index in [-0.39, 0.29) is 5.56 Å². The van der Waals surface area contributed by atoms with Crippen molar-refractivity contribution in [3.63, 3.8) is 0 Å². The van der Waals surface area contributed by atoms with Gasteiger partial charge in [-0.25, -0.2) is 9.97 Å². The van der Waals surface area contributed by atoms with Crippen molar-refractivity contribution in [1.29, 1.82) is 0 Å². The molecule has 31 heavy (non-hydrogen) atoms. The number of anilines is 2. The molecular formula is C23H27BrN6O. The molecule has 2 atom stereocenters. The van der Waals surface area contributed by atoms with Crippen molar-refractivity contribution in [2.75, 3.05) is 42.5 Å². The van der Waals surface area contributed by atoms with E-state index in [1.54, 1.807) is 23.9 Å². The van der Waals surface area contributed by atoms with Crippen molar-refractivity contribution in [3.05, 3.63) is 57.0 Å². The Hall–Kier alpha value is -2.45. The monoisotopic (exact) mass is 482 g/mol. The summed E-state index contributed by atoms with van der Waals surface area (Å²) in [6.45, 7) is 9.13. The summed E-state index contributed by atoms with van der Waals surface area (Å²) < 4.78 is 2.64. The number of fused-ring (bicyclic) bond motifs is 2. The van der Waals surface area contributed by atoms with Crippen LogP contribution in [0.15, 0.2) is 45.9 Å². The number of hydrogen-bond acceptors (Lipinski definition) is 6. The predicted molar refractivity (Wildman–Crippen MR) is 128 cm³/mol. The van der Waals surface area contributed by atoms with Gasteiger partial charge >= 0.3 is 0 Å². The van der Waals surface area contributed by atoms with Gasteiger partial charge in [-0.15, -0.1) is 0 Å². The van der Waals surface area contributed by atoms with Crippen LogP contribution in [-0.2, 0) is 7.05 Å². The molecule has 0 unspecified atom stereocenters. The predicted octanol–water partition coefficient (Wildman–Crippen LogP) is 2.80. The van der Waals surface area contributed by atoms with Gasteiger partial charge in [0.25, 0.3) is 5.56 Å². The summed E-state index contributed by atoms with van der Waals surface area (Å²) in [5, 5.41) is 1.03. The Morgan fingerprint density at radius 1 is 1.10 bits per heavy atom. The Morgan fingerprint density at radius 3 is 2.71 bits per heavy atom. The van der Waals surface area contributed by atoms with Crippen LogP contribution < -0.4 is 15.4 Å². The molecule has 8 heteroatoms. The smallest absolute Gasteiger partial charge is 0.253 e. The molecule has 0 aromatic carbocycles. The molecule has 0 saturated carbocycles. The molecule has 3 aromatic heterocycles. The molecule has 0 bridgehead atoms. The van der Waals surface area contributed by atoms with Crippen LogP contribution in [-0.4, -0.2) is 64.2 Å². The van der Waals surface area contributed by atoms with Gasteiger partial charge in [0.05, 0.1) is 5.69 Å². The van der Waals surface area contributed by atoms with E-state index in [1.165, 1.54) is 5.56 Å². The zero-order chi connectivity index (χ0) is 21.7. The van der Waals surface area contributed by atoms with Gasteiger partial charge in [-0.1, -0.05) is 0 Å². The first-order valence-electron chi connectivity index (χ1n) is 10.7. The Balaban J connectivity index is 1.46. The van der Waals surface area contributed by atoms with Gasteiger partial charge in [-0.2, -0.15) is 0 Å². The van der Waals surface area contributed by atoms with E-state index in [4.69, 9.17) is 4.98 Å². The van der Waals surface area contributed by atoms with Gasteiger partial charge in [0.15, 0.2) is 0 Å². The quantitative estimate of drug-likeness (QED) is 0.559. The molecule has 2 fully saturated rings. The molecule has 0 N–H and O–H groups in total. The lowest BCUT2D eigenvalue weighted by Crippen LogP contribution is -2.65. The van der Waals surface area contributed by atoms with Crippen LogP contribution in [0.3, 0.4) is 0 Å². The Bertz CT molecular complexity index is 1190. The Morgan fingerprint density at radius 2 is 1.90 bits per heavy atom. The molecule has 2 saturated heterocycles. The largest absolute Gasteiger partial charge is 0.368 e. The lowest BCUT2D eigenvalue weighted by molar-refractivity contribution is 0.108. The van der Waals surface area contributed by atoms with Gasteiger partial charge in [0.1, 0.15) is 11.5 Å². The molecule has 162 valence electrons. The van der Waals surface area contributed by atoms with Gasteiger partial charge in [-0.05, 0) is 53.5 Å². The van der Waals surface area contributed by atoms with E-state index < -0.39 is 0 Å². The first-order valence-corrected chi connectivity index (χ1v) is 11.5. The van der Waals surface area contributed by atoms with Crippen molar-refractivity contribution in [3.8, 4) is 0 Å². The molecular weight excluding hydrogens is 456 g/mol. The van der Waals surface area contributed by atoms with Gasteiger partial charge < -0.3 is 9.80 Å². The maximum Gasteiger partial charge on any atom is 0.253 e. The summed E-state index contributed by atoms with van der Waals surface area (Å²) in [5.74, 6) is 1.07. The first-order chi connectivity index (χ1) is 14.9. The normalized spacial score (nSPS) is 22.1. The number of hydrogen-bond donors (Lipinski definition) is 0. The molecule has 5 heterocycles. The summed E-state index contributed by atoms with van der Waals surface area (Å²) in [4.78, 5) is 29.2. The van der Waals surface area contributed by atoms with Crippen molar-refractivity contribution in [2.45, 2.75) is 25.9 Å². The minimum absolute atomic E-state index is 0.0174. The second kappa shape index (κ2) is 7.91. The third-order valence-corrected chi connectivity index (χ3v) is 7.07. The lowest BCUT2D eigenvalue weighted by Gasteiger charge is -2.51. The maximum atomic E-state index is 12.6. The average molecular weight is 483 g/mol. The molecule has 0 aliphatic carbocycles. The highest BCUT2D eigenvalue weighted by atomic mass is 79.9. The second-order valence-corrected chi connectivity index (χ2v) is 9.60. The fourth-order valence-corrected chi connectivity index (χ4v) is 5.59. The molecule has 0 radical (unpaired) electrons. The fraction of sp³-hybridized carbons (Fsp3) is 0.435. The molecule has 3 aromatic rings. The van der Waals surface area contributed by atoms with Crippen LogP contribution in [0.25, 0.3) is 11.0 Å². The highest BCUT2D eigenvalue weighted by Crippen LogP contribution is 2.31. The van der Waals surface area contributed by atoms with Crippen LogP contribution >= 0.6 is 15.9 Å². The van der Waals surface area contributed by atoms with Crippen LogP contribution in [0, 0.1) is 6.92 Å². The fourth-order valence-electron chi connectivity index (χ4n) is 5.14. The van der Waals surface area contributed by atoms with Crippen molar-refractivity contribution >= 4 is 38.5 Å². The summed E-state index contributed by atoms with van der Waals surface area (Å²) >= 11 is 3.52. The summed E-state index contributed by atoms with van der Waals surface area (Å²) in [7, 11) is 1.79. The van der Waals surface area contributed by atoms with Crippen molar-refractivity contribution in [1.82, 2.24) is 19.4 Å². The second-order valence-electron chi connectivity index (χ2n) is 8.69. The number of halogens is 1. The molecule has 0 spiro atoms. The van der Waals surface area contributed by atoms with Crippen molar-refractivity contribution in [2.24, 2.45) is 7.05 Å². The number of piperazine rings is 2. The average Bonchev–Trinajstić information content (AvgIpc) is 2.76. The highest BCUT2D eigenvalue weighted by Gasteiger charge is 2.37. The summed E-state index contributed by atoms with van der Waals surface area (Å²) in [6.07, 6.45) is 3.63. The van der Waals surface area contributed by atoms with Crippen LogP contribution in [0.2, 0.25) is 0 Å². The Kier molecular flexibility index (Phi) is 5.22. The zero-order valence-electron chi connectivity index (χ0n) is 18.1. The maximum absolute atomic E-state index is 12.6. The number of aryl methyl sites for hydroxylation is 2. The minimum atomic E-state index is -0.0174. The van der Waals surface area contributed by atoms with E-state index in [0.29, 0.717) is 12.1 Å². The third-order valence-electron chi connectivity index (χ3n) is 6.64. The van der Waals surface area contributed by atoms with E-state index in [0.717, 1.165) is 59.7 Å². The van der Waals surface area contributed by atoms with Crippen LogP contribution in [0.1, 0.15) is 12.5 Å². The first kappa shape index (κ1) is 20.5.